The maximum atomic E-state index is 5.36. The summed E-state index contributed by atoms with van der Waals surface area (Å²) in [6.07, 6.45) is 0. The lowest BCUT2D eigenvalue weighted by molar-refractivity contribution is 0.241. The van der Waals surface area contributed by atoms with Crippen molar-refractivity contribution in [3.8, 4) is 0 Å². The van der Waals surface area contributed by atoms with Crippen LogP contribution in [0.1, 0.15) is 0 Å². The molecule has 0 radical (unpaired) electrons. The minimum atomic E-state index is 0.589. The number of halogens is 2. The third-order valence-corrected chi connectivity index (χ3v) is 2.39. The summed E-state index contributed by atoms with van der Waals surface area (Å²) >= 11 is 13.8. The minimum Gasteiger partial charge on any atom is -0.360 e. The summed E-state index contributed by atoms with van der Waals surface area (Å²) in [6.45, 7) is 0. The monoisotopic (exact) mass is 206 g/mol. The summed E-state index contributed by atoms with van der Waals surface area (Å²) in [6, 6.07) is 0. The molecule has 0 N–H and O–H groups in total. The van der Waals surface area contributed by atoms with Crippen LogP contribution in [-0.2, 0) is 4.74 Å². The predicted molar refractivity (Wildman–Crippen MR) is 47.4 cm³/mol. The first kappa shape index (κ1) is 10.2. The number of ether oxygens (including phenoxy) is 1. The number of alkyl halides is 2. The molecule has 0 saturated carbocycles. The molecular weight excluding hydrogens is 199 g/mol. The highest BCUT2D eigenvalue weighted by Crippen LogP contribution is 2.06. The van der Waals surface area contributed by atoms with Crippen LogP contribution in [0.3, 0.4) is 0 Å². The van der Waals surface area contributed by atoms with E-state index in [0.717, 1.165) is 0 Å². The Balaban J connectivity index is 2.60. The molecule has 0 aromatic carbocycles. The Bertz CT molecular complexity index is 49.8. The van der Waals surface area contributed by atoms with Gasteiger partial charge in [-0.2, -0.15) is 0 Å². The molecule has 0 spiro atoms. The third kappa shape index (κ3) is 9.24. The highest BCUT2D eigenvalue weighted by molar-refractivity contribution is 8.00. The van der Waals surface area contributed by atoms with Crippen LogP contribution < -0.4 is 0 Å². The molecule has 0 heterocycles. The van der Waals surface area contributed by atoms with Crippen LogP contribution in [0, 0.1) is 0 Å². The van der Waals surface area contributed by atoms with Crippen LogP contribution in [0.2, 0.25) is 0 Å². The quantitative estimate of drug-likeness (QED) is 0.376. The van der Waals surface area contributed by atoms with Crippen LogP contribution >= 0.6 is 46.7 Å². The first-order chi connectivity index (χ1) is 4.41. The summed E-state index contributed by atoms with van der Waals surface area (Å²) in [5.74, 6) is 1.32. The number of rotatable bonds is 6. The molecule has 5 heteroatoms. The minimum absolute atomic E-state index is 0.589. The van der Waals surface area contributed by atoms with Crippen LogP contribution in [-0.4, -0.2) is 22.3 Å². The number of thioether (sulfide) groups is 2. The lowest BCUT2D eigenvalue weighted by atomic mass is 11.5. The van der Waals surface area contributed by atoms with E-state index in [1.807, 2.05) is 0 Å². The van der Waals surface area contributed by atoms with Gasteiger partial charge in [0.25, 0.3) is 0 Å². The van der Waals surface area contributed by atoms with Crippen LogP contribution in [0.25, 0.3) is 0 Å². The predicted octanol–water partition coefficient (Wildman–Crippen LogP) is 2.78. The second-order valence-electron chi connectivity index (χ2n) is 1.07. The normalized spacial score (nSPS) is 10.0. The van der Waals surface area contributed by atoms with Crippen molar-refractivity contribution in [3.63, 3.8) is 0 Å². The summed E-state index contributed by atoms with van der Waals surface area (Å²) in [4.78, 5) is 0. The molecule has 0 aromatic heterocycles. The molecule has 0 unspecified atom stereocenters. The first-order valence-corrected chi connectivity index (χ1v) is 5.65. The zero-order valence-corrected chi connectivity index (χ0v) is 7.95. The maximum Gasteiger partial charge on any atom is 0.0944 e. The van der Waals surface area contributed by atoms with E-state index < -0.39 is 0 Å². The van der Waals surface area contributed by atoms with Crippen molar-refractivity contribution in [2.45, 2.75) is 0 Å². The molecule has 1 nitrogen and oxygen atoms in total. The summed E-state index contributed by atoms with van der Waals surface area (Å²) in [5, 5.41) is 1.18. The van der Waals surface area contributed by atoms with Crippen molar-refractivity contribution in [1.29, 1.82) is 0 Å². The Hall–Kier alpha value is 1.24. The maximum absolute atomic E-state index is 5.36. The van der Waals surface area contributed by atoms with Gasteiger partial charge in [0.15, 0.2) is 0 Å². The van der Waals surface area contributed by atoms with Crippen LogP contribution in [0.15, 0.2) is 0 Å². The lowest BCUT2D eigenvalue weighted by Crippen LogP contribution is -1.88. The standard InChI is InChI=1S/C4H8Cl2OS2/c5-1-8-3-7-4-9-2-6/h1-4H2. The Morgan fingerprint density at radius 2 is 1.44 bits per heavy atom. The molecule has 9 heavy (non-hydrogen) atoms. The van der Waals surface area contributed by atoms with Crippen LogP contribution in [0.5, 0.6) is 0 Å². The third-order valence-electron chi connectivity index (χ3n) is 0.488. The Labute approximate surface area is 73.8 Å². The van der Waals surface area contributed by atoms with Crippen molar-refractivity contribution in [1.82, 2.24) is 0 Å². The summed E-state index contributed by atoms with van der Waals surface area (Å²) in [7, 11) is 0. The lowest BCUT2D eigenvalue weighted by Gasteiger charge is -1.98. The Kier molecular flexibility index (Phi) is 10.5. The molecular formula is C4H8Cl2OS2. The van der Waals surface area contributed by atoms with Gasteiger partial charge in [-0.15, -0.1) is 46.7 Å². The summed E-state index contributed by atoms with van der Waals surface area (Å²) in [5.41, 5.74) is 0. The molecule has 0 aliphatic carbocycles. The SMILES string of the molecule is ClCSCOCSCCl. The molecule has 0 aliphatic rings. The largest absolute Gasteiger partial charge is 0.360 e. The van der Waals surface area contributed by atoms with Crippen molar-refractivity contribution >= 4 is 46.7 Å². The molecule has 0 rings (SSSR count). The van der Waals surface area contributed by atoms with Gasteiger partial charge in [0.2, 0.25) is 0 Å². The zero-order chi connectivity index (χ0) is 6.95. The molecule has 0 fully saturated rings. The van der Waals surface area contributed by atoms with Gasteiger partial charge in [-0.05, 0) is 0 Å². The van der Waals surface area contributed by atoms with Crippen molar-refractivity contribution in [2.24, 2.45) is 0 Å². The van der Waals surface area contributed by atoms with Gasteiger partial charge < -0.3 is 4.74 Å². The van der Waals surface area contributed by atoms with Crippen LogP contribution in [0.4, 0.5) is 0 Å². The fourth-order valence-electron chi connectivity index (χ4n) is 0.215. The molecule has 0 amide bonds. The van der Waals surface area contributed by atoms with Gasteiger partial charge >= 0.3 is 0 Å². The average molecular weight is 207 g/mol. The van der Waals surface area contributed by atoms with E-state index in [1.54, 1.807) is 23.5 Å². The van der Waals surface area contributed by atoms with Gasteiger partial charge in [-0.3, -0.25) is 0 Å². The molecule has 0 aromatic rings. The molecule has 0 bridgehead atoms. The second kappa shape index (κ2) is 9.24. The zero-order valence-electron chi connectivity index (χ0n) is 4.81. The van der Waals surface area contributed by atoms with E-state index >= 15 is 0 Å². The smallest absolute Gasteiger partial charge is 0.0944 e. The fourth-order valence-corrected chi connectivity index (χ4v) is 1.23. The Morgan fingerprint density at radius 3 is 1.78 bits per heavy atom. The highest BCUT2D eigenvalue weighted by Gasteiger charge is 1.85. The van der Waals surface area contributed by atoms with Crippen molar-refractivity contribution < 1.29 is 4.74 Å². The van der Waals surface area contributed by atoms with E-state index in [1.165, 1.54) is 0 Å². The van der Waals surface area contributed by atoms with Gasteiger partial charge in [-0.1, -0.05) is 0 Å². The number of hydrogen-bond acceptors (Lipinski definition) is 3. The fraction of sp³-hybridized carbons (Fsp3) is 1.00. The van der Waals surface area contributed by atoms with E-state index in [9.17, 15) is 0 Å². The highest BCUT2D eigenvalue weighted by atomic mass is 35.5. The Morgan fingerprint density at radius 1 is 1.00 bits per heavy atom. The topological polar surface area (TPSA) is 9.23 Å². The second-order valence-corrected chi connectivity index (χ2v) is 4.10. The average Bonchev–Trinajstić information content (AvgIpc) is 1.89. The molecule has 56 valence electrons. The molecule has 0 aliphatic heterocycles. The van der Waals surface area contributed by atoms with Gasteiger partial charge in [-0.25, -0.2) is 0 Å². The van der Waals surface area contributed by atoms with Gasteiger partial charge in [0, 0.05) is 0 Å². The number of hydrogen-bond donors (Lipinski definition) is 0. The molecule has 0 atom stereocenters. The van der Waals surface area contributed by atoms with E-state index in [0.29, 0.717) is 22.3 Å². The van der Waals surface area contributed by atoms with E-state index in [4.69, 9.17) is 27.9 Å². The van der Waals surface area contributed by atoms with Gasteiger partial charge in [0.1, 0.15) is 0 Å². The first-order valence-electron chi connectivity index (χ1n) is 2.27. The summed E-state index contributed by atoms with van der Waals surface area (Å²) < 4.78 is 5.07. The molecule has 0 saturated heterocycles. The van der Waals surface area contributed by atoms with Gasteiger partial charge in [0.05, 0.1) is 22.3 Å². The van der Waals surface area contributed by atoms with E-state index in [2.05, 4.69) is 0 Å². The van der Waals surface area contributed by atoms with Crippen molar-refractivity contribution in [3.05, 3.63) is 0 Å². The van der Waals surface area contributed by atoms with Crippen molar-refractivity contribution in [2.75, 3.05) is 22.3 Å². The van der Waals surface area contributed by atoms with E-state index in [-0.39, 0.29) is 0 Å².